The zero-order valence-corrected chi connectivity index (χ0v) is 17.6. The molecule has 3 aliphatic carbocycles. The SMILES string of the molecule is CCCCCC1=C2c3ccc(OC)cc3CCC2(C#N)[C@@H]2CCC(O)[C@@]2(C)C1. The van der Waals surface area contributed by atoms with Gasteiger partial charge >= 0.3 is 0 Å². The summed E-state index contributed by atoms with van der Waals surface area (Å²) in [6, 6.07) is 9.21. The van der Waals surface area contributed by atoms with Crippen LogP contribution in [0.2, 0.25) is 0 Å². The summed E-state index contributed by atoms with van der Waals surface area (Å²) >= 11 is 0. The molecule has 0 amide bonds. The first-order valence-electron chi connectivity index (χ1n) is 11.0. The van der Waals surface area contributed by atoms with Gasteiger partial charge in [-0.25, -0.2) is 0 Å². The maximum absolute atomic E-state index is 10.9. The molecule has 0 aliphatic heterocycles. The van der Waals surface area contributed by atoms with Crippen LogP contribution in [0.1, 0.15) is 76.3 Å². The zero-order chi connectivity index (χ0) is 19.9. The average molecular weight is 380 g/mol. The number of nitriles is 1. The standard InChI is InChI=1S/C25H33NO2/c1-4-5-6-7-18-15-24(2)21(10-11-22(24)27)25(16-26)13-12-17-14-19(28-3)8-9-20(17)23(18)25/h8-9,14,21-22,27H,4-7,10-13,15H2,1-3H3/t21-,22?,24+,25?/m1/s1. The van der Waals surface area contributed by atoms with E-state index >= 15 is 0 Å². The lowest BCUT2D eigenvalue weighted by Crippen LogP contribution is -2.48. The van der Waals surface area contributed by atoms with Gasteiger partial charge in [-0.05, 0) is 79.7 Å². The molecule has 0 aromatic heterocycles. The number of benzene rings is 1. The molecule has 0 spiro atoms. The number of fused-ring (bicyclic) bond motifs is 5. The van der Waals surface area contributed by atoms with E-state index in [1.165, 1.54) is 41.5 Å². The molecule has 3 nitrogen and oxygen atoms in total. The minimum absolute atomic E-state index is 0.162. The van der Waals surface area contributed by atoms with Crippen molar-refractivity contribution >= 4 is 5.57 Å². The van der Waals surface area contributed by atoms with Crippen LogP contribution in [0.4, 0.5) is 0 Å². The van der Waals surface area contributed by atoms with Crippen LogP contribution in [0.15, 0.2) is 23.8 Å². The van der Waals surface area contributed by atoms with Crippen molar-refractivity contribution in [1.82, 2.24) is 0 Å². The fourth-order valence-electron chi connectivity index (χ4n) is 6.51. The van der Waals surface area contributed by atoms with Crippen LogP contribution in [0.25, 0.3) is 5.57 Å². The van der Waals surface area contributed by atoms with E-state index in [-0.39, 0.29) is 17.4 Å². The number of hydrogen-bond donors (Lipinski definition) is 1. The molecule has 1 aromatic carbocycles. The zero-order valence-electron chi connectivity index (χ0n) is 17.6. The summed E-state index contributed by atoms with van der Waals surface area (Å²) in [5, 5.41) is 21.4. The topological polar surface area (TPSA) is 53.2 Å². The van der Waals surface area contributed by atoms with Crippen molar-refractivity contribution in [2.24, 2.45) is 16.7 Å². The second-order valence-corrected chi connectivity index (χ2v) is 9.37. The van der Waals surface area contributed by atoms with Gasteiger partial charge in [0.05, 0.1) is 24.7 Å². The smallest absolute Gasteiger partial charge is 0.119 e. The predicted octanol–water partition coefficient (Wildman–Crippen LogP) is 5.67. The molecule has 28 heavy (non-hydrogen) atoms. The molecule has 4 rings (SSSR count). The predicted molar refractivity (Wildman–Crippen MR) is 112 cm³/mol. The van der Waals surface area contributed by atoms with Crippen LogP contribution in [0.5, 0.6) is 5.75 Å². The van der Waals surface area contributed by atoms with Gasteiger partial charge in [-0.1, -0.05) is 38.3 Å². The first-order chi connectivity index (χ1) is 13.5. The molecule has 1 saturated carbocycles. The van der Waals surface area contributed by atoms with Crippen molar-refractivity contribution < 1.29 is 9.84 Å². The Hall–Kier alpha value is -1.79. The molecule has 3 heteroatoms. The second-order valence-electron chi connectivity index (χ2n) is 9.37. The van der Waals surface area contributed by atoms with Crippen molar-refractivity contribution in [2.45, 2.75) is 77.7 Å². The number of nitrogens with zero attached hydrogens (tertiary/aromatic N) is 1. The molecule has 0 heterocycles. The lowest BCUT2D eigenvalue weighted by Gasteiger charge is -2.52. The maximum Gasteiger partial charge on any atom is 0.119 e. The van der Waals surface area contributed by atoms with E-state index in [4.69, 9.17) is 4.74 Å². The average Bonchev–Trinajstić information content (AvgIpc) is 3.02. The quantitative estimate of drug-likeness (QED) is 0.671. The van der Waals surface area contributed by atoms with E-state index in [9.17, 15) is 10.4 Å². The summed E-state index contributed by atoms with van der Waals surface area (Å²) in [6.45, 7) is 4.48. The summed E-state index contributed by atoms with van der Waals surface area (Å²) in [5.41, 5.74) is 4.71. The van der Waals surface area contributed by atoms with Gasteiger partial charge in [-0.15, -0.1) is 0 Å². The van der Waals surface area contributed by atoms with E-state index in [2.05, 4.69) is 32.0 Å². The van der Waals surface area contributed by atoms with Crippen molar-refractivity contribution in [3.63, 3.8) is 0 Å². The molecule has 0 radical (unpaired) electrons. The number of allylic oxidation sites excluding steroid dienone is 2. The first-order valence-corrected chi connectivity index (χ1v) is 11.0. The Morgan fingerprint density at radius 3 is 2.82 bits per heavy atom. The van der Waals surface area contributed by atoms with Crippen LogP contribution >= 0.6 is 0 Å². The van der Waals surface area contributed by atoms with Crippen molar-refractivity contribution in [3.05, 3.63) is 34.9 Å². The second kappa shape index (κ2) is 7.23. The Morgan fingerprint density at radius 1 is 1.29 bits per heavy atom. The molecule has 0 saturated heterocycles. The largest absolute Gasteiger partial charge is 0.497 e. The van der Waals surface area contributed by atoms with Crippen LogP contribution in [0, 0.1) is 28.1 Å². The van der Waals surface area contributed by atoms with E-state index in [0.29, 0.717) is 0 Å². The van der Waals surface area contributed by atoms with E-state index in [1.807, 2.05) is 6.07 Å². The van der Waals surface area contributed by atoms with Crippen LogP contribution in [0.3, 0.4) is 0 Å². The molecular formula is C25H33NO2. The highest BCUT2D eigenvalue weighted by atomic mass is 16.5. The number of ether oxygens (including phenoxy) is 1. The Kier molecular flexibility index (Phi) is 5.04. The number of rotatable bonds is 5. The third-order valence-corrected chi connectivity index (χ3v) is 7.93. The van der Waals surface area contributed by atoms with Gasteiger partial charge in [0, 0.05) is 5.41 Å². The number of unbranched alkanes of at least 4 members (excludes halogenated alkanes) is 2. The molecule has 150 valence electrons. The fraction of sp³-hybridized carbons (Fsp3) is 0.640. The number of aliphatic hydroxyl groups excluding tert-OH is 1. The van der Waals surface area contributed by atoms with Crippen LogP contribution in [-0.2, 0) is 6.42 Å². The van der Waals surface area contributed by atoms with E-state index in [0.717, 1.165) is 44.3 Å². The number of methoxy groups -OCH3 is 1. The summed E-state index contributed by atoms with van der Waals surface area (Å²) in [7, 11) is 1.71. The number of aryl methyl sites for hydroxylation is 1. The molecule has 2 unspecified atom stereocenters. The van der Waals surface area contributed by atoms with Gasteiger partial charge in [0.15, 0.2) is 0 Å². The van der Waals surface area contributed by atoms with Crippen molar-refractivity contribution in [3.8, 4) is 11.8 Å². The summed E-state index contributed by atoms with van der Waals surface area (Å²) in [4.78, 5) is 0. The third-order valence-electron chi connectivity index (χ3n) is 7.93. The molecule has 4 atom stereocenters. The summed E-state index contributed by atoms with van der Waals surface area (Å²) < 4.78 is 5.46. The normalized spacial score (nSPS) is 33.7. The van der Waals surface area contributed by atoms with Crippen LogP contribution in [-0.4, -0.2) is 18.3 Å². The Bertz CT molecular complexity index is 835. The first kappa shape index (κ1) is 19.5. The minimum Gasteiger partial charge on any atom is -0.497 e. The Balaban J connectivity index is 1.90. The summed E-state index contributed by atoms with van der Waals surface area (Å²) in [6.07, 6.45) is 8.84. The fourth-order valence-corrected chi connectivity index (χ4v) is 6.51. The minimum atomic E-state index is -0.451. The van der Waals surface area contributed by atoms with E-state index in [1.54, 1.807) is 7.11 Å². The molecule has 1 aromatic rings. The van der Waals surface area contributed by atoms with Gasteiger partial charge in [-0.3, -0.25) is 0 Å². The van der Waals surface area contributed by atoms with Gasteiger partial charge in [0.1, 0.15) is 5.75 Å². The lowest BCUT2D eigenvalue weighted by molar-refractivity contribution is 0.00765. The van der Waals surface area contributed by atoms with Gasteiger partial charge < -0.3 is 9.84 Å². The number of aliphatic hydroxyl groups is 1. The molecule has 3 aliphatic rings. The van der Waals surface area contributed by atoms with E-state index < -0.39 is 5.41 Å². The highest BCUT2D eigenvalue weighted by molar-refractivity contribution is 5.81. The third kappa shape index (κ3) is 2.72. The monoisotopic (exact) mass is 379 g/mol. The molecular weight excluding hydrogens is 346 g/mol. The highest BCUT2D eigenvalue weighted by Gasteiger charge is 2.61. The lowest BCUT2D eigenvalue weighted by atomic mass is 9.50. The Morgan fingerprint density at radius 2 is 2.11 bits per heavy atom. The van der Waals surface area contributed by atoms with Crippen LogP contribution < -0.4 is 4.74 Å². The molecule has 0 bridgehead atoms. The van der Waals surface area contributed by atoms with Crippen molar-refractivity contribution in [2.75, 3.05) is 7.11 Å². The maximum atomic E-state index is 10.9. The Labute approximate surface area is 169 Å². The molecule has 1 N–H and O–H groups in total. The van der Waals surface area contributed by atoms with Gasteiger partial charge in [0.25, 0.3) is 0 Å². The highest BCUT2D eigenvalue weighted by Crippen LogP contribution is 2.66. The van der Waals surface area contributed by atoms with Crippen molar-refractivity contribution in [1.29, 1.82) is 5.26 Å². The number of hydrogen-bond acceptors (Lipinski definition) is 3. The summed E-state index contributed by atoms with van der Waals surface area (Å²) in [5.74, 6) is 1.15. The van der Waals surface area contributed by atoms with Gasteiger partial charge in [-0.2, -0.15) is 5.26 Å². The van der Waals surface area contributed by atoms with Gasteiger partial charge in [0.2, 0.25) is 0 Å². The molecule has 1 fully saturated rings.